The van der Waals surface area contributed by atoms with Gasteiger partial charge in [-0.3, -0.25) is 33.8 Å². The number of benzene rings is 2. The molecule has 288 valence electrons. The number of carbonyl (C=O) groups excluding carboxylic acids is 6. The van der Waals surface area contributed by atoms with Crippen molar-refractivity contribution in [1.29, 1.82) is 0 Å². The smallest absolute Gasteiger partial charge is 0.290 e. The topological polar surface area (TPSA) is 189 Å². The molecule has 2 aromatic carbocycles. The van der Waals surface area contributed by atoms with Crippen molar-refractivity contribution < 1.29 is 33.5 Å². The lowest BCUT2D eigenvalue weighted by atomic mass is 9.98. The van der Waals surface area contributed by atoms with Crippen molar-refractivity contribution in [3.63, 3.8) is 0 Å². The maximum absolute atomic E-state index is 14.4. The Hall–Kier alpha value is -5.50. The van der Waals surface area contributed by atoms with Crippen molar-refractivity contribution in [2.75, 3.05) is 6.54 Å². The van der Waals surface area contributed by atoms with E-state index in [0.29, 0.717) is 0 Å². The number of rotatable bonds is 17. The Morgan fingerprint density at radius 2 is 1.46 bits per heavy atom. The molecule has 0 spiro atoms. The minimum Gasteiger partial charge on any atom is -0.372 e. The van der Waals surface area contributed by atoms with Gasteiger partial charge in [0.2, 0.25) is 23.5 Å². The summed E-state index contributed by atoms with van der Waals surface area (Å²) >= 11 is 0. The van der Waals surface area contributed by atoms with Gasteiger partial charge in [0.05, 0.1) is 31.0 Å². The fraction of sp³-hybridized carbons (Fsp3) is 0.450. The molecular weight excluding hydrogens is 690 g/mol. The molecule has 14 heteroatoms. The monoisotopic (exact) mass is 741 g/mol. The van der Waals surface area contributed by atoms with Gasteiger partial charge in [-0.25, -0.2) is 4.98 Å². The van der Waals surface area contributed by atoms with Crippen molar-refractivity contribution in [2.24, 2.45) is 11.8 Å². The third-order valence-corrected chi connectivity index (χ3v) is 9.35. The minimum atomic E-state index is -1.15. The van der Waals surface area contributed by atoms with Crippen LogP contribution >= 0.6 is 0 Å². The predicted molar refractivity (Wildman–Crippen MR) is 200 cm³/mol. The summed E-state index contributed by atoms with van der Waals surface area (Å²) in [5.74, 6) is -4.75. The first kappa shape index (κ1) is 41.3. The van der Waals surface area contributed by atoms with Crippen LogP contribution in [0.15, 0.2) is 79.3 Å². The minimum absolute atomic E-state index is 0.0342. The number of hydrogen-bond donors (Lipinski definition) is 4. The molecule has 4 rings (SSSR count). The van der Waals surface area contributed by atoms with E-state index in [4.69, 9.17) is 4.74 Å². The molecule has 0 unspecified atom stereocenters. The molecule has 5 amide bonds. The van der Waals surface area contributed by atoms with E-state index in [2.05, 4.69) is 31.2 Å². The molecule has 3 aromatic rings. The summed E-state index contributed by atoms with van der Waals surface area (Å²) < 4.78 is 6.18. The van der Waals surface area contributed by atoms with E-state index in [-0.39, 0.29) is 37.6 Å². The molecule has 1 aliphatic heterocycles. The molecule has 54 heavy (non-hydrogen) atoms. The van der Waals surface area contributed by atoms with Crippen LogP contribution in [0.25, 0.3) is 0 Å². The van der Waals surface area contributed by atoms with Gasteiger partial charge < -0.3 is 30.9 Å². The number of nitrogens with zero attached hydrogens (tertiary/aromatic N) is 3. The van der Waals surface area contributed by atoms with E-state index in [9.17, 15) is 28.8 Å². The molecule has 0 saturated carbocycles. The van der Waals surface area contributed by atoms with Crippen molar-refractivity contribution in [3.8, 4) is 0 Å². The van der Waals surface area contributed by atoms with Crippen LogP contribution in [0.2, 0.25) is 0 Å². The lowest BCUT2D eigenvalue weighted by Crippen LogP contribution is -2.59. The number of likely N-dealkylation sites (tertiary alicyclic amines) is 1. The molecule has 1 fully saturated rings. The standard InChI is InChI=1S/C40H51N7O7/c1-7-30(35(48)39(52)43-26(6)28-16-12-9-13-17-28)44-37(50)32-20-29(54-23-27-14-10-8-11-15-27)22-47(32)40(53)34(25(4)5)46-38(51)33(24(2)3)45-36(49)31-21-41-18-19-42-31/h8-19,21,24-26,29-30,32-34H,7,20,22-23H2,1-6H3,(H,43,52)(H,44,50)(H,45,49)(H,46,51)/t26-,29+,30-,32-,33-,34-/m0/s1. The third-order valence-electron chi connectivity index (χ3n) is 9.35. The number of carbonyl (C=O) groups is 6. The molecule has 0 radical (unpaired) electrons. The Morgan fingerprint density at radius 1 is 0.815 bits per heavy atom. The van der Waals surface area contributed by atoms with E-state index < -0.39 is 77.6 Å². The molecule has 1 aliphatic rings. The van der Waals surface area contributed by atoms with Gasteiger partial charge in [-0.05, 0) is 36.3 Å². The first-order valence-corrected chi connectivity index (χ1v) is 18.3. The number of amides is 5. The summed E-state index contributed by atoms with van der Waals surface area (Å²) in [6, 6.07) is 13.9. The van der Waals surface area contributed by atoms with E-state index in [1.807, 2.05) is 60.7 Å². The van der Waals surface area contributed by atoms with E-state index in [1.165, 1.54) is 23.5 Å². The van der Waals surface area contributed by atoms with Gasteiger partial charge in [0.1, 0.15) is 23.8 Å². The predicted octanol–water partition coefficient (Wildman–Crippen LogP) is 2.90. The average molecular weight is 742 g/mol. The van der Waals surface area contributed by atoms with Gasteiger partial charge in [0, 0.05) is 25.4 Å². The van der Waals surface area contributed by atoms with E-state index in [1.54, 1.807) is 41.5 Å². The fourth-order valence-corrected chi connectivity index (χ4v) is 6.17. The Bertz CT molecular complexity index is 1740. The molecule has 14 nitrogen and oxygen atoms in total. The number of aromatic nitrogens is 2. The Morgan fingerprint density at radius 3 is 2.06 bits per heavy atom. The molecular formula is C40H51N7O7. The van der Waals surface area contributed by atoms with E-state index in [0.717, 1.165) is 11.1 Å². The molecule has 1 saturated heterocycles. The van der Waals surface area contributed by atoms with Crippen LogP contribution in [0.5, 0.6) is 0 Å². The molecule has 0 bridgehead atoms. The zero-order chi connectivity index (χ0) is 39.4. The Labute approximate surface area is 316 Å². The molecule has 0 aliphatic carbocycles. The largest absolute Gasteiger partial charge is 0.372 e. The van der Waals surface area contributed by atoms with Gasteiger partial charge in [0.25, 0.3) is 11.8 Å². The number of Topliss-reactive ketones (excluding diaryl/α,β-unsaturated/α-hetero) is 1. The van der Waals surface area contributed by atoms with Crippen LogP contribution in [-0.4, -0.2) is 87.0 Å². The van der Waals surface area contributed by atoms with Crippen LogP contribution in [0.4, 0.5) is 0 Å². The summed E-state index contributed by atoms with van der Waals surface area (Å²) in [6.45, 7) is 10.8. The van der Waals surface area contributed by atoms with Gasteiger partial charge in [-0.2, -0.15) is 0 Å². The Kier molecular flexibility index (Phi) is 14.9. The van der Waals surface area contributed by atoms with Crippen LogP contribution in [-0.2, 0) is 35.3 Å². The van der Waals surface area contributed by atoms with Crippen LogP contribution in [0.3, 0.4) is 0 Å². The number of ether oxygens (including phenoxy) is 1. The maximum Gasteiger partial charge on any atom is 0.290 e. The zero-order valence-corrected chi connectivity index (χ0v) is 31.7. The van der Waals surface area contributed by atoms with Crippen LogP contribution < -0.4 is 21.3 Å². The van der Waals surface area contributed by atoms with Crippen molar-refractivity contribution in [1.82, 2.24) is 36.1 Å². The second-order valence-electron chi connectivity index (χ2n) is 14.1. The molecule has 6 atom stereocenters. The second kappa shape index (κ2) is 19.5. The second-order valence-corrected chi connectivity index (χ2v) is 14.1. The maximum atomic E-state index is 14.4. The average Bonchev–Trinajstić information content (AvgIpc) is 3.62. The summed E-state index contributed by atoms with van der Waals surface area (Å²) in [7, 11) is 0. The number of ketones is 1. The summed E-state index contributed by atoms with van der Waals surface area (Å²) in [5, 5.41) is 10.9. The van der Waals surface area contributed by atoms with Gasteiger partial charge >= 0.3 is 0 Å². The van der Waals surface area contributed by atoms with Gasteiger partial charge in [0.15, 0.2) is 0 Å². The third kappa shape index (κ3) is 11.0. The number of nitrogens with one attached hydrogen (secondary N) is 4. The van der Waals surface area contributed by atoms with Gasteiger partial charge in [-0.1, -0.05) is 95.3 Å². The number of hydrogen-bond acceptors (Lipinski definition) is 9. The Balaban J connectivity index is 1.52. The lowest BCUT2D eigenvalue weighted by molar-refractivity contribution is -0.144. The molecule has 2 heterocycles. The highest BCUT2D eigenvalue weighted by Crippen LogP contribution is 2.25. The summed E-state index contributed by atoms with van der Waals surface area (Å²) in [4.78, 5) is 90.6. The summed E-state index contributed by atoms with van der Waals surface area (Å²) in [5.41, 5.74) is 1.76. The fourth-order valence-electron chi connectivity index (χ4n) is 6.17. The quantitative estimate of drug-likeness (QED) is 0.151. The SMILES string of the molecule is CC[C@H](NC(=O)[C@@H]1C[C@@H](OCc2ccccc2)CN1C(=O)[C@@H](NC(=O)[C@@H](NC(=O)c1cnccn1)C(C)C)C(C)C)C(=O)C(=O)N[C@@H](C)c1ccccc1. The van der Waals surface area contributed by atoms with Crippen molar-refractivity contribution >= 4 is 35.3 Å². The van der Waals surface area contributed by atoms with E-state index >= 15 is 0 Å². The highest BCUT2D eigenvalue weighted by molar-refractivity contribution is 6.38. The zero-order valence-electron chi connectivity index (χ0n) is 31.7. The normalized spacial score (nSPS) is 17.6. The van der Waals surface area contributed by atoms with Gasteiger partial charge in [-0.15, -0.1) is 0 Å². The van der Waals surface area contributed by atoms with Crippen LogP contribution in [0.1, 0.15) is 82.0 Å². The van der Waals surface area contributed by atoms with Crippen molar-refractivity contribution in [3.05, 3.63) is 96.1 Å². The highest BCUT2D eigenvalue weighted by Gasteiger charge is 2.44. The lowest BCUT2D eigenvalue weighted by Gasteiger charge is -2.32. The first-order chi connectivity index (χ1) is 25.8. The highest BCUT2D eigenvalue weighted by atomic mass is 16.5. The molecule has 4 N–H and O–H groups in total. The first-order valence-electron chi connectivity index (χ1n) is 18.3. The van der Waals surface area contributed by atoms with Crippen molar-refractivity contribution in [2.45, 2.75) is 97.3 Å². The summed E-state index contributed by atoms with van der Waals surface area (Å²) in [6.07, 6.45) is 3.78. The molecule has 1 aromatic heterocycles. The van der Waals surface area contributed by atoms with Crippen LogP contribution in [0, 0.1) is 11.8 Å².